The lowest BCUT2D eigenvalue weighted by molar-refractivity contribution is -0.143. The lowest BCUT2D eigenvalue weighted by atomic mass is 9.84. The molecule has 0 unspecified atom stereocenters. The molecule has 142 valence electrons. The van der Waals surface area contributed by atoms with Crippen molar-refractivity contribution in [2.24, 2.45) is 0 Å². The van der Waals surface area contributed by atoms with Crippen LogP contribution in [0.1, 0.15) is 52.3 Å². The zero-order valence-corrected chi connectivity index (χ0v) is 18.2. The Bertz CT molecular complexity index is 732. The van der Waals surface area contributed by atoms with Gasteiger partial charge in [0.05, 0.1) is 33.1 Å². The molecule has 0 radical (unpaired) electrons. The van der Waals surface area contributed by atoms with E-state index in [9.17, 15) is 9.59 Å². The third kappa shape index (κ3) is 4.57. The Hall–Kier alpha value is -1.60. The Balaban J connectivity index is 2.58. The molecule has 5 nitrogen and oxygen atoms in total. The molecule has 1 N–H and O–H groups in total. The number of carbonyl (C=O) groups excluding carboxylic acids is 2. The minimum Gasteiger partial charge on any atom is -0.460 e. The van der Waals surface area contributed by atoms with Crippen molar-refractivity contribution in [3.8, 4) is 0 Å². The quantitative estimate of drug-likeness (QED) is 0.673. The van der Waals surface area contributed by atoms with Gasteiger partial charge in [-0.2, -0.15) is 0 Å². The van der Waals surface area contributed by atoms with Gasteiger partial charge in [-0.1, -0.05) is 0 Å². The highest BCUT2D eigenvalue weighted by Crippen LogP contribution is 2.43. The monoisotopic (exact) mass is 441 g/mol. The normalized spacial score (nSPS) is 15.6. The molecule has 7 heteroatoms. The average molecular weight is 442 g/mol. The standard InChI is InChI=1S/C19H24BrNO4S/c1-9(2)24-18(22)15-11(5)21-12(6)16(19(23)25-10(3)4)17(15)13-7-8-14(20)26-13/h7-10,17,21H,1-6H3. The Morgan fingerprint density at radius 3 is 1.81 bits per heavy atom. The van der Waals surface area contributed by atoms with E-state index >= 15 is 0 Å². The average Bonchev–Trinajstić information content (AvgIpc) is 2.90. The molecule has 2 rings (SSSR count). The summed E-state index contributed by atoms with van der Waals surface area (Å²) in [6.07, 6.45) is -0.506. The van der Waals surface area contributed by atoms with Gasteiger partial charge in [-0.3, -0.25) is 0 Å². The molecule has 26 heavy (non-hydrogen) atoms. The minimum absolute atomic E-state index is 0.253. The Labute approximate surface area is 166 Å². The largest absolute Gasteiger partial charge is 0.460 e. The second kappa shape index (κ2) is 8.39. The molecule has 2 heterocycles. The van der Waals surface area contributed by atoms with E-state index < -0.39 is 17.9 Å². The second-order valence-corrected chi connectivity index (χ2v) is 9.18. The predicted molar refractivity (Wildman–Crippen MR) is 106 cm³/mol. The summed E-state index contributed by atoms with van der Waals surface area (Å²) in [5.74, 6) is -1.38. The third-order valence-corrected chi connectivity index (χ3v) is 5.45. The van der Waals surface area contributed by atoms with Gasteiger partial charge in [0.1, 0.15) is 0 Å². The van der Waals surface area contributed by atoms with Crippen LogP contribution in [0.2, 0.25) is 0 Å². The molecule has 0 amide bonds. The molecule has 1 aromatic heterocycles. The topological polar surface area (TPSA) is 64.6 Å². The van der Waals surface area contributed by atoms with Gasteiger partial charge < -0.3 is 14.8 Å². The Kier molecular flexibility index (Phi) is 6.69. The van der Waals surface area contributed by atoms with E-state index in [4.69, 9.17) is 9.47 Å². The predicted octanol–water partition coefficient (Wildman–Crippen LogP) is 4.65. The van der Waals surface area contributed by atoms with Gasteiger partial charge in [-0.05, 0) is 69.6 Å². The van der Waals surface area contributed by atoms with E-state index in [-0.39, 0.29) is 12.2 Å². The summed E-state index contributed by atoms with van der Waals surface area (Å²) in [5, 5.41) is 3.14. The van der Waals surface area contributed by atoms with Crippen molar-refractivity contribution in [2.45, 2.75) is 59.7 Å². The van der Waals surface area contributed by atoms with Crippen LogP contribution in [0.4, 0.5) is 0 Å². The number of allylic oxidation sites excluding steroid dienone is 2. The molecule has 0 aliphatic carbocycles. The molecule has 0 saturated heterocycles. The third-order valence-electron chi connectivity index (χ3n) is 3.76. The molecular formula is C19H24BrNO4S. The first-order valence-corrected chi connectivity index (χ1v) is 10.1. The van der Waals surface area contributed by atoms with E-state index in [1.54, 1.807) is 27.7 Å². The number of hydrogen-bond donors (Lipinski definition) is 1. The lowest BCUT2D eigenvalue weighted by Crippen LogP contribution is -2.33. The summed E-state index contributed by atoms with van der Waals surface area (Å²) in [6.45, 7) is 10.8. The van der Waals surface area contributed by atoms with Gasteiger partial charge in [0, 0.05) is 16.3 Å². The van der Waals surface area contributed by atoms with Crippen LogP contribution >= 0.6 is 27.3 Å². The summed E-state index contributed by atoms with van der Waals surface area (Å²) >= 11 is 4.95. The van der Waals surface area contributed by atoms with Gasteiger partial charge in [0.15, 0.2) is 0 Å². The molecule has 0 saturated carbocycles. The van der Waals surface area contributed by atoms with Crippen molar-refractivity contribution in [3.63, 3.8) is 0 Å². The van der Waals surface area contributed by atoms with Crippen molar-refractivity contribution in [1.82, 2.24) is 5.32 Å². The fourth-order valence-corrected chi connectivity index (χ4v) is 4.40. The molecule has 1 aliphatic heterocycles. The number of nitrogens with one attached hydrogen (secondary N) is 1. The van der Waals surface area contributed by atoms with Crippen molar-refractivity contribution in [2.75, 3.05) is 0 Å². The maximum absolute atomic E-state index is 12.8. The first kappa shape index (κ1) is 20.7. The Morgan fingerprint density at radius 1 is 1.00 bits per heavy atom. The van der Waals surface area contributed by atoms with Gasteiger partial charge in [-0.15, -0.1) is 11.3 Å². The van der Waals surface area contributed by atoms with Crippen LogP contribution in [0.5, 0.6) is 0 Å². The highest BCUT2D eigenvalue weighted by molar-refractivity contribution is 9.11. The van der Waals surface area contributed by atoms with Crippen molar-refractivity contribution < 1.29 is 19.1 Å². The van der Waals surface area contributed by atoms with Crippen LogP contribution in [0.15, 0.2) is 38.5 Å². The van der Waals surface area contributed by atoms with Crippen molar-refractivity contribution >= 4 is 39.2 Å². The molecule has 0 aromatic carbocycles. The maximum Gasteiger partial charge on any atom is 0.337 e. The zero-order chi connectivity index (χ0) is 19.6. The number of halogens is 1. The van der Waals surface area contributed by atoms with E-state index in [0.717, 1.165) is 8.66 Å². The molecule has 0 bridgehead atoms. The van der Waals surface area contributed by atoms with Gasteiger partial charge >= 0.3 is 11.9 Å². The molecule has 0 spiro atoms. The smallest absolute Gasteiger partial charge is 0.337 e. The van der Waals surface area contributed by atoms with Crippen LogP contribution in [0, 0.1) is 0 Å². The molecule has 1 aliphatic rings. The van der Waals surface area contributed by atoms with Crippen molar-refractivity contribution in [3.05, 3.63) is 43.3 Å². The molecular weight excluding hydrogens is 418 g/mol. The molecule has 0 atom stereocenters. The van der Waals surface area contributed by atoms with Crippen LogP contribution in [-0.2, 0) is 19.1 Å². The first-order valence-electron chi connectivity index (χ1n) is 8.47. The lowest BCUT2D eigenvalue weighted by Gasteiger charge is -2.30. The summed E-state index contributed by atoms with van der Waals surface area (Å²) in [6, 6.07) is 3.82. The summed E-state index contributed by atoms with van der Waals surface area (Å²) in [4.78, 5) is 26.5. The van der Waals surface area contributed by atoms with Crippen molar-refractivity contribution in [1.29, 1.82) is 0 Å². The Morgan fingerprint density at radius 2 is 1.46 bits per heavy atom. The second-order valence-electron chi connectivity index (χ2n) is 6.69. The SMILES string of the molecule is CC1=C(C(=O)OC(C)C)C(c2ccc(Br)s2)C(C(=O)OC(C)C)=C(C)N1. The highest BCUT2D eigenvalue weighted by Gasteiger charge is 2.39. The number of rotatable bonds is 5. The van der Waals surface area contributed by atoms with E-state index in [2.05, 4.69) is 21.2 Å². The summed E-state index contributed by atoms with van der Waals surface area (Å²) in [5.41, 5.74) is 2.25. The maximum atomic E-state index is 12.8. The fourth-order valence-electron chi connectivity index (χ4n) is 2.86. The fraction of sp³-hybridized carbons (Fsp3) is 0.474. The number of ether oxygens (including phenoxy) is 2. The first-order chi connectivity index (χ1) is 12.1. The van der Waals surface area contributed by atoms with Crippen LogP contribution in [-0.4, -0.2) is 24.1 Å². The minimum atomic E-state index is -0.523. The summed E-state index contributed by atoms with van der Waals surface area (Å²) < 4.78 is 11.8. The van der Waals surface area contributed by atoms with E-state index in [0.29, 0.717) is 22.5 Å². The van der Waals surface area contributed by atoms with Gasteiger partial charge in [0.25, 0.3) is 0 Å². The number of esters is 2. The van der Waals surface area contributed by atoms with Gasteiger partial charge in [0.2, 0.25) is 0 Å². The van der Waals surface area contributed by atoms with E-state index in [1.165, 1.54) is 11.3 Å². The number of dihydropyridines is 1. The molecule has 0 fully saturated rings. The molecule has 1 aromatic rings. The highest BCUT2D eigenvalue weighted by atomic mass is 79.9. The number of hydrogen-bond acceptors (Lipinski definition) is 6. The number of carbonyl (C=O) groups is 2. The van der Waals surface area contributed by atoms with Gasteiger partial charge in [-0.25, -0.2) is 9.59 Å². The summed E-state index contributed by atoms with van der Waals surface area (Å²) in [7, 11) is 0. The van der Waals surface area contributed by atoms with Crippen LogP contribution < -0.4 is 5.32 Å². The van der Waals surface area contributed by atoms with Crippen LogP contribution in [0.3, 0.4) is 0 Å². The van der Waals surface area contributed by atoms with E-state index in [1.807, 2.05) is 26.0 Å². The van der Waals surface area contributed by atoms with Crippen LogP contribution in [0.25, 0.3) is 0 Å². The number of thiophene rings is 1. The zero-order valence-electron chi connectivity index (χ0n) is 15.8.